The zero-order valence-corrected chi connectivity index (χ0v) is 15.6. The van der Waals surface area contributed by atoms with Gasteiger partial charge in [-0.3, -0.25) is 0 Å². The highest BCUT2D eigenvalue weighted by Crippen LogP contribution is 2.14. The van der Waals surface area contributed by atoms with Crippen LogP contribution in [-0.4, -0.2) is 12.1 Å². The summed E-state index contributed by atoms with van der Waals surface area (Å²) in [5, 5.41) is 0. The van der Waals surface area contributed by atoms with Gasteiger partial charge >= 0.3 is 0 Å². The Morgan fingerprint density at radius 2 is 0.909 bits per heavy atom. The molecule has 0 saturated carbocycles. The molecule has 0 heterocycles. The van der Waals surface area contributed by atoms with E-state index in [9.17, 15) is 0 Å². The third kappa shape index (κ3) is 18.0. The van der Waals surface area contributed by atoms with Crippen LogP contribution in [0.25, 0.3) is 0 Å². The average molecular weight is 313 g/mol. The zero-order valence-electron chi connectivity index (χ0n) is 15.6. The molecular weight excluding hydrogens is 268 g/mol. The molecule has 0 spiro atoms. The standard InChI is InChI=1S/C20H44N2/c1-3-16-20(22)18-15-13-11-9-7-5-4-6-8-10-12-14-17-19(2)21/h19-20H,3-18,21-22H2,1-2H3. The lowest BCUT2D eigenvalue weighted by atomic mass is 10.0. The van der Waals surface area contributed by atoms with E-state index in [0.717, 1.165) is 0 Å². The lowest BCUT2D eigenvalue weighted by Gasteiger charge is -2.09. The largest absolute Gasteiger partial charge is 0.328 e. The average Bonchev–Trinajstić information content (AvgIpc) is 2.47. The van der Waals surface area contributed by atoms with E-state index in [0.29, 0.717) is 12.1 Å². The molecule has 4 N–H and O–H groups in total. The first-order valence-corrected chi connectivity index (χ1v) is 10.2. The van der Waals surface area contributed by atoms with Crippen molar-refractivity contribution in [2.24, 2.45) is 11.5 Å². The second kappa shape index (κ2) is 17.3. The van der Waals surface area contributed by atoms with E-state index in [2.05, 4.69) is 13.8 Å². The molecule has 0 radical (unpaired) electrons. The van der Waals surface area contributed by atoms with Crippen molar-refractivity contribution in [1.29, 1.82) is 0 Å². The molecule has 2 nitrogen and oxygen atoms in total. The summed E-state index contributed by atoms with van der Waals surface area (Å²) in [7, 11) is 0. The Kier molecular flexibility index (Phi) is 17.2. The number of nitrogens with two attached hydrogens (primary N) is 2. The highest BCUT2D eigenvalue weighted by atomic mass is 14.6. The predicted molar refractivity (Wildman–Crippen MR) is 101 cm³/mol. The summed E-state index contributed by atoms with van der Waals surface area (Å²) in [5.74, 6) is 0. The van der Waals surface area contributed by atoms with Crippen LogP contribution in [0.3, 0.4) is 0 Å². The van der Waals surface area contributed by atoms with E-state index in [4.69, 9.17) is 11.5 Å². The molecule has 0 aliphatic rings. The molecule has 0 aromatic heterocycles. The van der Waals surface area contributed by atoms with Gasteiger partial charge in [0.15, 0.2) is 0 Å². The first-order valence-electron chi connectivity index (χ1n) is 10.2. The Morgan fingerprint density at radius 1 is 0.545 bits per heavy atom. The van der Waals surface area contributed by atoms with Gasteiger partial charge < -0.3 is 11.5 Å². The lowest BCUT2D eigenvalue weighted by Crippen LogP contribution is -2.18. The van der Waals surface area contributed by atoms with E-state index >= 15 is 0 Å². The Balaban J connectivity index is 3.02. The quantitative estimate of drug-likeness (QED) is 0.327. The first kappa shape index (κ1) is 21.9. The maximum atomic E-state index is 6.03. The van der Waals surface area contributed by atoms with Crippen LogP contribution in [0.4, 0.5) is 0 Å². The van der Waals surface area contributed by atoms with Gasteiger partial charge in [0.2, 0.25) is 0 Å². The second-order valence-electron chi connectivity index (χ2n) is 7.35. The third-order valence-electron chi connectivity index (χ3n) is 4.64. The van der Waals surface area contributed by atoms with Gasteiger partial charge in [-0.15, -0.1) is 0 Å². The molecule has 134 valence electrons. The van der Waals surface area contributed by atoms with Crippen LogP contribution in [0.5, 0.6) is 0 Å². The third-order valence-corrected chi connectivity index (χ3v) is 4.64. The summed E-state index contributed by atoms with van der Waals surface area (Å²) >= 11 is 0. The highest BCUT2D eigenvalue weighted by molar-refractivity contribution is 4.60. The van der Waals surface area contributed by atoms with Crippen LogP contribution >= 0.6 is 0 Å². The maximum absolute atomic E-state index is 6.03. The van der Waals surface area contributed by atoms with Gasteiger partial charge in [0.25, 0.3) is 0 Å². The topological polar surface area (TPSA) is 52.0 Å². The maximum Gasteiger partial charge on any atom is 0.00387 e. The van der Waals surface area contributed by atoms with E-state index < -0.39 is 0 Å². The fourth-order valence-electron chi connectivity index (χ4n) is 3.16. The Bertz CT molecular complexity index is 204. The summed E-state index contributed by atoms with van der Waals surface area (Å²) in [5.41, 5.74) is 11.8. The Hall–Kier alpha value is -0.0800. The first-order chi connectivity index (χ1) is 10.7. The van der Waals surface area contributed by atoms with Crippen molar-refractivity contribution in [1.82, 2.24) is 0 Å². The number of rotatable bonds is 17. The fraction of sp³-hybridized carbons (Fsp3) is 1.00. The summed E-state index contributed by atoms with van der Waals surface area (Å²) in [4.78, 5) is 0. The van der Waals surface area contributed by atoms with Gasteiger partial charge in [-0.1, -0.05) is 90.4 Å². The number of hydrogen-bond donors (Lipinski definition) is 2. The van der Waals surface area contributed by atoms with Crippen molar-refractivity contribution >= 4 is 0 Å². The smallest absolute Gasteiger partial charge is 0.00387 e. The van der Waals surface area contributed by atoms with Crippen molar-refractivity contribution in [3.05, 3.63) is 0 Å². The summed E-state index contributed by atoms with van der Waals surface area (Å²) in [6.07, 6.45) is 21.7. The van der Waals surface area contributed by atoms with Crippen LogP contribution < -0.4 is 11.5 Å². The van der Waals surface area contributed by atoms with Crippen molar-refractivity contribution in [2.75, 3.05) is 0 Å². The van der Waals surface area contributed by atoms with Crippen LogP contribution in [0.2, 0.25) is 0 Å². The molecule has 0 aromatic carbocycles. The molecule has 2 heteroatoms. The fourth-order valence-corrected chi connectivity index (χ4v) is 3.16. The molecule has 0 rings (SSSR count). The van der Waals surface area contributed by atoms with E-state index in [-0.39, 0.29) is 0 Å². The summed E-state index contributed by atoms with van der Waals surface area (Å²) in [6, 6.07) is 0.848. The van der Waals surface area contributed by atoms with Gasteiger partial charge in [-0.05, 0) is 26.2 Å². The van der Waals surface area contributed by atoms with Gasteiger partial charge in [-0.2, -0.15) is 0 Å². The van der Waals surface area contributed by atoms with E-state index in [1.807, 2.05) is 0 Å². The molecule has 0 aromatic rings. The molecule has 0 aliphatic heterocycles. The molecular formula is C20H44N2. The van der Waals surface area contributed by atoms with Gasteiger partial charge in [0.1, 0.15) is 0 Å². The molecule has 0 fully saturated rings. The minimum Gasteiger partial charge on any atom is -0.328 e. The highest BCUT2D eigenvalue weighted by Gasteiger charge is 2.00. The van der Waals surface area contributed by atoms with Crippen molar-refractivity contribution in [2.45, 2.75) is 129 Å². The van der Waals surface area contributed by atoms with Gasteiger partial charge in [-0.25, -0.2) is 0 Å². The molecule has 2 atom stereocenters. The zero-order chi connectivity index (χ0) is 16.5. The summed E-state index contributed by atoms with van der Waals surface area (Å²) < 4.78 is 0. The number of unbranched alkanes of at least 4 members (excludes halogenated alkanes) is 11. The minimum absolute atomic E-state index is 0.391. The van der Waals surface area contributed by atoms with E-state index in [1.165, 1.54) is 103 Å². The Labute approximate surface area is 140 Å². The van der Waals surface area contributed by atoms with Crippen LogP contribution in [0, 0.1) is 0 Å². The Morgan fingerprint density at radius 3 is 1.27 bits per heavy atom. The minimum atomic E-state index is 0.391. The van der Waals surface area contributed by atoms with Crippen molar-refractivity contribution in [3.8, 4) is 0 Å². The molecule has 0 aliphatic carbocycles. The predicted octanol–water partition coefficient (Wildman–Crippen LogP) is 5.92. The lowest BCUT2D eigenvalue weighted by molar-refractivity contribution is 0.498. The van der Waals surface area contributed by atoms with Crippen LogP contribution in [0.1, 0.15) is 117 Å². The molecule has 0 amide bonds. The van der Waals surface area contributed by atoms with E-state index in [1.54, 1.807) is 0 Å². The van der Waals surface area contributed by atoms with Crippen LogP contribution in [-0.2, 0) is 0 Å². The SMILES string of the molecule is CCCC(N)CCCCCCCCCCCCCCC(C)N. The molecule has 0 saturated heterocycles. The monoisotopic (exact) mass is 312 g/mol. The molecule has 2 unspecified atom stereocenters. The normalized spacial score (nSPS) is 14.2. The van der Waals surface area contributed by atoms with Crippen molar-refractivity contribution in [3.63, 3.8) is 0 Å². The summed E-state index contributed by atoms with van der Waals surface area (Å²) in [6.45, 7) is 4.33. The molecule has 0 bridgehead atoms. The number of hydrogen-bond acceptors (Lipinski definition) is 2. The second-order valence-corrected chi connectivity index (χ2v) is 7.35. The van der Waals surface area contributed by atoms with Gasteiger partial charge in [0.05, 0.1) is 0 Å². The van der Waals surface area contributed by atoms with Crippen LogP contribution in [0.15, 0.2) is 0 Å². The van der Waals surface area contributed by atoms with Crippen molar-refractivity contribution < 1.29 is 0 Å². The molecule has 22 heavy (non-hydrogen) atoms. The van der Waals surface area contributed by atoms with Gasteiger partial charge in [0, 0.05) is 12.1 Å².